The van der Waals surface area contributed by atoms with Gasteiger partial charge in [0, 0.05) is 14.4 Å². The van der Waals surface area contributed by atoms with Crippen molar-refractivity contribution in [2.75, 3.05) is 0 Å². The van der Waals surface area contributed by atoms with Crippen LogP contribution in [0.1, 0.15) is 25.0 Å². The second-order valence-electron chi connectivity index (χ2n) is 4.41. The van der Waals surface area contributed by atoms with Gasteiger partial charge in [-0.3, -0.25) is 0 Å². The van der Waals surface area contributed by atoms with Crippen molar-refractivity contribution in [3.8, 4) is 9.75 Å². The lowest BCUT2D eigenvalue weighted by molar-refractivity contribution is 0.656. The molecule has 17 heavy (non-hydrogen) atoms. The number of thiophene rings is 2. The fourth-order valence-electron chi connectivity index (χ4n) is 2.33. The van der Waals surface area contributed by atoms with Gasteiger partial charge >= 0.3 is 0 Å². The van der Waals surface area contributed by atoms with Gasteiger partial charge in [-0.25, -0.2) is 0 Å². The van der Waals surface area contributed by atoms with Crippen molar-refractivity contribution < 1.29 is 0 Å². The molecule has 6 heteroatoms. The van der Waals surface area contributed by atoms with Crippen LogP contribution in [0.2, 0.25) is 0 Å². The molecule has 0 bridgehead atoms. The standard InChI is InChI=1S/C11H6Br4S2/c1-11(2)3-5(12)9(14)16-7(3)8-4(11)6(13)10(15)17-8/h1-2H3. The molecule has 1 aliphatic carbocycles. The quantitative estimate of drug-likeness (QED) is 0.345. The maximum absolute atomic E-state index is 3.70. The molecule has 0 saturated carbocycles. The van der Waals surface area contributed by atoms with E-state index in [-0.39, 0.29) is 5.41 Å². The highest BCUT2D eigenvalue weighted by Crippen LogP contribution is 2.62. The molecule has 0 unspecified atom stereocenters. The van der Waals surface area contributed by atoms with E-state index in [4.69, 9.17) is 0 Å². The lowest BCUT2D eigenvalue weighted by Gasteiger charge is -2.21. The van der Waals surface area contributed by atoms with Gasteiger partial charge in [0.25, 0.3) is 0 Å². The van der Waals surface area contributed by atoms with Crippen LogP contribution < -0.4 is 0 Å². The Morgan fingerprint density at radius 2 is 1.12 bits per heavy atom. The molecule has 0 amide bonds. The van der Waals surface area contributed by atoms with E-state index in [9.17, 15) is 0 Å². The van der Waals surface area contributed by atoms with Gasteiger partial charge in [0.15, 0.2) is 0 Å². The van der Waals surface area contributed by atoms with Crippen molar-refractivity contribution in [2.24, 2.45) is 0 Å². The Labute approximate surface area is 141 Å². The van der Waals surface area contributed by atoms with Crippen molar-refractivity contribution in [3.05, 3.63) is 27.6 Å². The van der Waals surface area contributed by atoms with Crippen LogP contribution in [0.25, 0.3) is 9.75 Å². The minimum absolute atomic E-state index is 0.0490. The lowest BCUT2D eigenvalue weighted by atomic mass is 9.84. The number of fused-ring (bicyclic) bond motifs is 3. The summed E-state index contributed by atoms with van der Waals surface area (Å²) in [7, 11) is 0. The molecule has 0 fully saturated rings. The van der Waals surface area contributed by atoms with Crippen LogP contribution in [0.4, 0.5) is 0 Å². The molecule has 0 aromatic carbocycles. The molecule has 2 aromatic rings. The second-order valence-corrected chi connectivity index (χ2v) is 10.7. The van der Waals surface area contributed by atoms with E-state index in [0.29, 0.717) is 0 Å². The molecular weight excluding hydrogens is 516 g/mol. The van der Waals surface area contributed by atoms with E-state index in [1.54, 1.807) is 0 Å². The lowest BCUT2D eigenvalue weighted by Crippen LogP contribution is -2.15. The van der Waals surface area contributed by atoms with Gasteiger partial charge in [-0.2, -0.15) is 0 Å². The summed E-state index contributed by atoms with van der Waals surface area (Å²) >= 11 is 18.3. The summed E-state index contributed by atoms with van der Waals surface area (Å²) in [6, 6.07) is 0. The molecule has 1 aliphatic rings. The predicted molar refractivity (Wildman–Crippen MR) is 90.6 cm³/mol. The van der Waals surface area contributed by atoms with Crippen molar-refractivity contribution in [2.45, 2.75) is 19.3 Å². The first-order chi connectivity index (χ1) is 7.85. The Morgan fingerprint density at radius 3 is 1.47 bits per heavy atom. The van der Waals surface area contributed by atoms with Gasteiger partial charge in [-0.15, -0.1) is 22.7 Å². The van der Waals surface area contributed by atoms with Gasteiger partial charge in [-0.1, -0.05) is 13.8 Å². The Kier molecular flexibility index (Phi) is 3.25. The first-order valence-electron chi connectivity index (χ1n) is 4.82. The normalized spacial score (nSPS) is 16.1. The third-order valence-electron chi connectivity index (χ3n) is 3.08. The zero-order valence-electron chi connectivity index (χ0n) is 8.83. The van der Waals surface area contributed by atoms with E-state index in [1.165, 1.54) is 37.4 Å². The molecule has 0 nitrogen and oxygen atoms in total. The molecular formula is C11H6Br4S2. The van der Waals surface area contributed by atoms with Crippen LogP contribution >= 0.6 is 86.4 Å². The Morgan fingerprint density at radius 1 is 0.765 bits per heavy atom. The summed E-state index contributed by atoms with van der Waals surface area (Å²) in [6.07, 6.45) is 0. The monoisotopic (exact) mass is 518 g/mol. The molecule has 0 spiro atoms. The highest BCUT2D eigenvalue weighted by atomic mass is 79.9. The molecule has 0 atom stereocenters. The van der Waals surface area contributed by atoms with Gasteiger partial charge in [0.1, 0.15) is 0 Å². The minimum Gasteiger partial charge on any atom is -0.126 e. The topological polar surface area (TPSA) is 0 Å². The van der Waals surface area contributed by atoms with Crippen molar-refractivity contribution in [1.29, 1.82) is 0 Å². The van der Waals surface area contributed by atoms with Gasteiger partial charge in [0.2, 0.25) is 0 Å². The van der Waals surface area contributed by atoms with E-state index < -0.39 is 0 Å². The average Bonchev–Trinajstić information content (AvgIpc) is 2.75. The van der Waals surface area contributed by atoms with Gasteiger partial charge in [0.05, 0.1) is 17.3 Å². The SMILES string of the molecule is CC1(C)c2c(sc(Br)c2Br)-c2sc(Br)c(Br)c21. The Hall–Kier alpha value is 1.32. The maximum Gasteiger partial charge on any atom is 0.0850 e. The summed E-state index contributed by atoms with van der Waals surface area (Å²) in [4.78, 5) is 2.78. The summed E-state index contributed by atoms with van der Waals surface area (Å²) in [5.74, 6) is 0. The maximum atomic E-state index is 3.70. The fourth-order valence-corrected chi connectivity index (χ4v) is 8.13. The highest BCUT2D eigenvalue weighted by molar-refractivity contribution is 9.14. The zero-order valence-corrected chi connectivity index (χ0v) is 16.8. The summed E-state index contributed by atoms with van der Waals surface area (Å²) in [5, 5.41) is 0. The zero-order chi connectivity index (χ0) is 12.5. The van der Waals surface area contributed by atoms with Crippen molar-refractivity contribution in [1.82, 2.24) is 0 Å². The molecule has 0 saturated heterocycles. The molecule has 2 heterocycles. The van der Waals surface area contributed by atoms with E-state index in [1.807, 2.05) is 22.7 Å². The summed E-state index contributed by atoms with van der Waals surface area (Å²) in [6.45, 7) is 4.57. The number of hydrogen-bond donors (Lipinski definition) is 0. The molecule has 0 N–H and O–H groups in total. The van der Waals surface area contributed by atoms with Crippen molar-refractivity contribution >= 4 is 86.4 Å². The number of hydrogen-bond acceptors (Lipinski definition) is 2. The average molecular weight is 522 g/mol. The summed E-state index contributed by atoms with van der Waals surface area (Å²) < 4.78 is 4.77. The van der Waals surface area contributed by atoms with E-state index in [0.717, 1.165) is 0 Å². The smallest absolute Gasteiger partial charge is 0.0850 e. The van der Waals surface area contributed by atoms with Gasteiger partial charge in [-0.05, 0) is 74.8 Å². The Balaban J connectivity index is 2.44. The minimum atomic E-state index is 0.0490. The summed E-state index contributed by atoms with van der Waals surface area (Å²) in [5.41, 5.74) is 2.86. The van der Waals surface area contributed by atoms with Crippen LogP contribution in [0.3, 0.4) is 0 Å². The largest absolute Gasteiger partial charge is 0.126 e. The Bertz CT molecular complexity index is 582. The van der Waals surface area contributed by atoms with Crippen LogP contribution in [0, 0.1) is 0 Å². The first-order valence-corrected chi connectivity index (χ1v) is 9.63. The van der Waals surface area contributed by atoms with Gasteiger partial charge < -0.3 is 0 Å². The first kappa shape index (κ1) is 13.3. The fraction of sp³-hybridized carbons (Fsp3) is 0.273. The van der Waals surface area contributed by atoms with Crippen LogP contribution in [0.5, 0.6) is 0 Å². The van der Waals surface area contributed by atoms with Crippen LogP contribution in [-0.2, 0) is 5.41 Å². The molecule has 0 radical (unpaired) electrons. The third kappa shape index (κ3) is 1.67. The number of rotatable bonds is 0. The molecule has 2 aromatic heterocycles. The molecule has 3 rings (SSSR count). The predicted octanol–water partition coefficient (Wildman–Crippen LogP) is 7.17. The highest BCUT2D eigenvalue weighted by Gasteiger charge is 2.43. The van der Waals surface area contributed by atoms with Crippen LogP contribution in [-0.4, -0.2) is 0 Å². The number of halogens is 4. The van der Waals surface area contributed by atoms with E-state index >= 15 is 0 Å². The van der Waals surface area contributed by atoms with E-state index in [2.05, 4.69) is 77.6 Å². The molecule has 0 aliphatic heterocycles. The van der Waals surface area contributed by atoms with Crippen LogP contribution in [0.15, 0.2) is 16.5 Å². The molecule has 90 valence electrons. The van der Waals surface area contributed by atoms with Crippen molar-refractivity contribution in [3.63, 3.8) is 0 Å². The third-order valence-corrected chi connectivity index (χ3v) is 10.1. The second kappa shape index (κ2) is 4.16.